The lowest BCUT2D eigenvalue weighted by Gasteiger charge is -2.06. The second kappa shape index (κ2) is 8.14. The normalized spacial score (nSPS) is 10.8. The van der Waals surface area contributed by atoms with Gasteiger partial charge >= 0.3 is 5.69 Å². The van der Waals surface area contributed by atoms with Crippen LogP contribution < -0.4 is 10.4 Å². The molecule has 1 N–H and O–H groups in total. The standard InChI is InChI=1S/C14H18ClN3O2S/c1-2-3-8-18-13(19)16-17-14(18)21-10-9-20-12-6-4-11(15)5-7-12/h4-7H,2-3,8-10H2,1H3,(H,16,19). The van der Waals surface area contributed by atoms with Gasteiger partial charge in [-0.3, -0.25) is 4.57 Å². The Hall–Kier alpha value is -1.40. The number of halogens is 1. The number of hydrogen-bond donors (Lipinski definition) is 1. The van der Waals surface area contributed by atoms with E-state index in [0.717, 1.165) is 24.3 Å². The van der Waals surface area contributed by atoms with Crippen LogP contribution in [-0.2, 0) is 6.54 Å². The molecule has 0 atom stereocenters. The highest BCUT2D eigenvalue weighted by molar-refractivity contribution is 7.99. The summed E-state index contributed by atoms with van der Waals surface area (Å²) in [5, 5.41) is 7.94. The van der Waals surface area contributed by atoms with Crippen LogP contribution in [0.25, 0.3) is 0 Å². The lowest BCUT2D eigenvalue weighted by molar-refractivity contribution is 0.344. The molecule has 0 saturated heterocycles. The molecule has 0 amide bonds. The number of aromatic amines is 1. The van der Waals surface area contributed by atoms with Crippen molar-refractivity contribution >= 4 is 23.4 Å². The van der Waals surface area contributed by atoms with Crippen LogP contribution in [0.1, 0.15) is 19.8 Å². The maximum atomic E-state index is 11.6. The highest BCUT2D eigenvalue weighted by Gasteiger charge is 2.08. The van der Waals surface area contributed by atoms with E-state index in [1.165, 1.54) is 11.8 Å². The number of rotatable bonds is 8. The molecular weight excluding hydrogens is 310 g/mol. The van der Waals surface area contributed by atoms with Crippen molar-refractivity contribution in [2.75, 3.05) is 12.4 Å². The summed E-state index contributed by atoms with van der Waals surface area (Å²) in [6.07, 6.45) is 2.01. The molecular formula is C14H18ClN3O2S. The monoisotopic (exact) mass is 327 g/mol. The predicted molar refractivity (Wildman–Crippen MR) is 85.4 cm³/mol. The van der Waals surface area contributed by atoms with Gasteiger partial charge in [0.2, 0.25) is 0 Å². The maximum absolute atomic E-state index is 11.6. The van der Waals surface area contributed by atoms with E-state index in [1.807, 2.05) is 12.1 Å². The molecule has 0 aliphatic rings. The van der Waals surface area contributed by atoms with E-state index in [2.05, 4.69) is 17.1 Å². The number of nitrogens with zero attached hydrogens (tertiary/aromatic N) is 2. The number of thioether (sulfide) groups is 1. The Labute approximate surface area is 132 Å². The fraction of sp³-hybridized carbons (Fsp3) is 0.429. The van der Waals surface area contributed by atoms with Gasteiger partial charge in [-0.2, -0.15) is 0 Å². The van der Waals surface area contributed by atoms with Crippen LogP contribution >= 0.6 is 23.4 Å². The number of benzene rings is 1. The van der Waals surface area contributed by atoms with Crippen LogP contribution in [0.15, 0.2) is 34.2 Å². The summed E-state index contributed by atoms with van der Waals surface area (Å²) in [6.45, 7) is 3.34. The Bertz CT molecular complexity index is 609. The lowest BCUT2D eigenvalue weighted by Crippen LogP contribution is -2.17. The van der Waals surface area contributed by atoms with Crippen molar-refractivity contribution in [2.45, 2.75) is 31.5 Å². The second-order valence-corrected chi connectivity index (χ2v) is 5.97. The number of nitrogens with one attached hydrogen (secondary N) is 1. The van der Waals surface area contributed by atoms with Gasteiger partial charge in [-0.15, -0.1) is 5.10 Å². The van der Waals surface area contributed by atoms with Crippen molar-refractivity contribution in [1.82, 2.24) is 14.8 Å². The quantitative estimate of drug-likeness (QED) is 0.597. The minimum atomic E-state index is -0.149. The van der Waals surface area contributed by atoms with E-state index < -0.39 is 0 Å². The number of hydrogen-bond acceptors (Lipinski definition) is 4. The van der Waals surface area contributed by atoms with E-state index in [4.69, 9.17) is 16.3 Å². The van der Waals surface area contributed by atoms with Crippen LogP contribution in [0.5, 0.6) is 5.75 Å². The maximum Gasteiger partial charge on any atom is 0.343 e. The molecule has 2 aromatic rings. The predicted octanol–water partition coefficient (Wildman–Crippen LogP) is 3.20. The average molecular weight is 328 g/mol. The summed E-state index contributed by atoms with van der Waals surface area (Å²) < 4.78 is 7.28. The summed E-state index contributed by atoms with van der Waals surface area (Å²) in [7, 11) is 0. The van der Waals surface area contributed by atoms with E-state index >= 15 is 0 Å². The molecule has 0 spiro atoms. The third-order valence-electron chi connectivity index (χ3n) is 2.86. The number of ether oxygens (including phenoxy) is 1. The highest BCUT2D eigenvalue weighted by atomic mass is 35.5. The Balaban J connectivity index is 1.80. The first-order valence-corrected chi connectivity index (χ1v) is 8.23. The molecule has 0 radical (unpaired) electrons. The van der Waals surface area contributed by atoms with Crippen molar-refractivity contribution in [2.24, 2.45) is 0 Å². The molecule has 1 aromatic carbocycles. The van der Waals surface area contributed by atoms with Gasteiger partial charge in [0.1, 0.15) is 5.75 Å². The first-order chi connectivity index (χ1) is 10.2. The molecule has 0 aliphatic carbocycles. The molecule has 0 fully saturated rings. The Kier molecular flexibility index (Phi) is 6.20. The minimum absolute atomic E-state index is 0.149. The summed E-state index contributed by atoms with van der Waals surface area (Å²) in [4.78, 5) is 11.6. The van der Waals surface area contributed by atoms with E-state index in [9.17, 15) is 4.79 Å². The molecule has 0 bridgehead atoms. The van der Waals surface area contributed by atoms with Crippen molar-refractivity contribution in [3.05, 3.63) is 39.8 Å². The third kappa shape index (κ3) is 4.82. The SMILES string of the molecule is CCCCn1c(SCCOc2ccc(Cl)cc2)n[nH]c1=O. The van der Waals surface area contributed by atoms with Crippen molar-refractivity contribution in [3.8, 4) is 5.75 Å². The Morgan fingerprint density at radius 2 is 2.14 bits per heavy atom. The zero-order valence-corrected chi connectivity index (χ0v) is 13.4. The van der Waals surface area contributed by atoms with Crippen molar-refractivity contribution < 1.29 is 4.74 Å². The zero-order valence-electron chi connectivity index (χ0n) is 11.8. The van der Waals surface area contributed by atoms with Crippen LogP contribution in [-0.4, -0.2) is 27.1 Å². The summed E-state index contributed by atoms with van der Waals surface area (Å²) >= 11 is 7.32. The molecule has 2 rings (SSSR count). The molecule has 0 aliphatic heterocycles. The molecule has 5 nitrogen and oxygen atoms in total. The van der Waals surface area contributed by atoms with Gasteiger partial charge < -0.3 is 4.74 Å². The van der Waals surface area contributed by atoms with Crippen molar-refractivity contribution in [1.29, 1.82) is 0 Å². The number of aromatic nitrogens is 3. The van der Waals surface area contributed by atoms with Crippen LogP contribution in [0.3, 0.4) is 0 Å². The zero-order chi connectivity index (χ0) is 15.1. The second-order valence-electron chi connectivity index (χ2n) is 4.47. The van der Waals surface area contributed by atoms with Crippen LogP contribution in [0.4, 0.5) is 0 Å². The van der Waals surface area contributed by atoms with Gasteiger partial charge in [0.25, 0.3) is 0 Å². The fourth-order valence-electron chi connectivity index (χ4n) is 1.75. The minimum Gasteiger partial charge on any atom is -0.493 e. The molecule has 1 aromatic heterocycles. The first-order valence-electron chi connectivity index (χ1n) is 6.87. The summed E-state index contributed by atoms with van der Waals surface area (Å²) in [6, 6.07) is 7.25. The highest BCUT2D eigenvalue weighted by Crippen LogP contribution is 2.17. The van der Waals surface area contributed by atoms with Gasteiger partial charge in [0, 0.05) is 17.3 Å². The number of unbranched alkanes of at least 4 members (excludes halogenated alkanes) is 1. The summed E-state index contributed by atoms with van der Waals surface area (Å²) in [5.74, 6) is 1.50. The number of H-pyrrole nitrogens is 1. The average Bonchev–Trinajstić information content (AvgIpc) is 2.84. The van der Waals surface area contributed by atoms with Crippen LogP contribution in [0, 0.1) is 0 Å². The van der Waals surface area contributed by atoms with Gasteiger partial charge in [0.05, 0.1) is 6.61 Å². The first kappa shape index (κ1) is 16.0. The van der Waals surface area contributed by atoms with E-state index in [-0.39, 0.29) is 5.69 Å². The molecule has 21 heavy (non-hydrogen) atoms. The van der Waals surface area contributed by atoms with E-state index in [1.54, 1.807) is 16.7 Å². The Morgan fingerprint density at radius 3 is 2.86 bits per heavy atom. The Morgan fingerprint density at radius 1 is 1.38 bits per heavy atom. The largest absolute Gasteiger partial charge is 0.493 e. The molecule has 1 heterocycles. The van der Waals surface area contributed by atoms with Gasteiger partial charge in [-0.25, -0.2) is 9.89 Å². The topological polar surface area (TPSA) is 59.9 Å². The molecule has 7 heteroatoms. The third-order valence-corrected chi connectivity index (χ3v) is 4.05. The van der Waals surface area contributed by atoms with Crippen LogP contribution in [0.2, 0.25) is 5.02 Å². The molecule has 114 valence electrons. The van der Waals surface area contributed by atoms with Gasteiger partial charge in [0.15, 0.2) is 5.16 Å². The van der Waals surface area contributed by atoms with Gasteiger partial charge in [-0.05, 0) is 30.7 Å². The smallest absolute Gasteiger partial charge is 0.343 e. The van der Waals surface area contributed by atoms with Gasteiger partial charge in [-0.1, -0.05) is 36.7 Å². The van der Waals surface area contributed by atoms with Crippen molar-refractivity contribution in [3.63, 3.8) is 0 Å². The summed E-state index contributed by atoms with van der Waals surface area (Å²) in [5.41, 5.74) is -0.149. The molecule has 0 unspecified atom stereocenters. The van der Waals surface area contributed by atoms with E-state index in [0.29, 0.717) is 23.3 Å². The fourth-order valence-corrected chi connectivity index (χ4v) is 2.67. The lowest BCUT2D eigenvalue weighted by atomic mass is 10.3. The molecule has 0 saturated carbocycles.